The molecule has 118 valence electrons. The maximum atomic E-state index is 12.4. The highest BCUT2D eigenvalue weighted by atomic mass is 19.4. The number of aryl methyl sites for hydroxylation is 1. The molecule has 1 aromatic heterocycles. The molecule has 7 heteroatoms. The van der Waals surface area contributed by atoms with Gasteiger partial charge in [-0.05, 0) is 31.2 Å². The molecule has 1 aliphatic heterocycles. The van der Waals surface area contributed by atoms with Crippen LogP contribution in [0, 0.1) is 6.92 Å². The van der Waals surface area contributed by atoms with Crippen LogP contribution in [0.4, 0.5) is 18.9 Å². The Morgan fingerprint density at radius 3 is 2.59 bits per heavy atom. The van der Waals surface area contributed by atoms with Gasteiger partial charge in [0.25, 0.3) is 0 Å². The Kier molecular flexibility index (Phi) is 3.82. The third-order valence-corrected chi connectivity index (χ3v) is 3.58. The van der Waals surface area contributed by atoms with Crippen LogP contribution in [0.25, 0.3) is 10.9 Å². The highest BCUT2D eigenvalue weighted by Crippen LogP contribution is 2.32. The maximum absolute atomic E-state index is 12.4. The lowest BCUT2D eigenvalue weighted by Crippen LogP contribution is -2.43. The van der Waals surface area contributed by atoms with Gasteiger partial charge in [-0.25, -0.2) is 0 Å². The number of pyridine rings is 1. The van der Waals surface area contributed by atoms with Crippen LogP contribution in [0.3, 0.4) is 0 Å². The average molecular weight is 311 g/mol. The second-order valence-electron chi connectivity index (χ2n) is 5.25. The number of hydrogen-bond acceptors (Lipinski definition) is 4. The zero-order valence-electron chi connectivity index (χ0n) is 12.1. The molecule has 0 bridgehead atoms. The summed E-state index contributed by atoms with van der Waals surface area (Å²) in [5.74, 6) is -0.220. The van der Waals surface area contributed by atoms with Gasteiger partial charge in [0.05, 0.1) is 5.52 Å². The highest BCUT2D eigenvalue weighted by molar-refractivity contribution is 5.93. The number of ether oxygens (including phenoxy) is 1. The largest absolute Gasteiger partial charge is 0.573 e. The van der Waals surface area contributed by atoms with Crippen LogP contribution in [-0.4, -0.2) is 37.5 Å². The van der Waals surface area contributed by atoms with E-state index in [4.69, 9.17) is 0 Å². The van der Waals surface area contributed by atoms with Crippen molar-refractivity contribution in [2.75, 3.05) is 31.1 Å². The fourth-order valence-corrected chi connectivity index (χ4v) is 2.68. The Labute approximate surface area is 125 Å². The SMILES string of the molecule is Cc1cc(N2CCNCC2)c2cc(OC(F)(F)F)ccc2n1. The van der Waals surface area contributed by atoms with E-state index in [1.54, 1.807) is 6.07 Å². The van der Waals surface area contributed by atoms with Crippen molar-refractivity contribution >= 4 is 16.6 Å². The van der Waals surface area contributed by atoms with Gasteiger partial charge in [0.2, 0.25) is 0 Å². The summed E-state index contributed by atoms with van der Waals surface area (Å²) >= 11 is 0. The number of aromatic nitrogens is 1. The van der Waals surface area contributed by atoms with Crippen molar-refractivity contribution in [2.24, 2.45) is 0 Å². The lowest BCUT2D eigenvalue weighted by Gasteiger charge is -2.30. The number of benzene rings is 1. The summed E-state index contributed by atoms with van der Waals surface area (Å²) < 4.78 is 41.2. The van der Waals surface area contributed by atoms with E-state index in [1.807, 2.05) is 13.0 Å². The van der Waals surface area contributed by atoms with Crippen molar-refractivity contribution in [3.8, 4) is 5.75 Å². The first-order valence-electron chi connectivity index (χ1n) is 7.05. The molecule has 1 aliphatic rings. The van der Waals surface area contributed by atoms with Gasteiger partial charge in [-0.3, -0.25) is 4.98 Å². The van der Waals surface area contributed by atoms with Crippen molar-refractivity contribution in [2.45, 2.75) is 13.3 Å². The maximum Gasteiger partial charge on any atom is 0.573 e. The van der Waals surface area contributed by atoms with Crippen molar-refractivity contribution in [1.82, 2.24) is 10.3 Å². The van der Waals surface area contributed by atoms with Crippen molar-refractivity contribution in [3.63, 3.8) is 0 Å². The van der Waals surface area contributed by atoms with Crippen LogP contribution in [-0.2, 0) is 0 Å². The fourth-order valence-electron chi connectivity index (χ4n) is 2.68. The molecule has 22 heavy (non-hydrogen) atoms. The molecule has 1 fully saturated rings. The monoisotopic (exact) mass is 311 g/mol. The highest BCUT2D eigenvalue weighted by Gasteiger charge is 2.31. The minimum Gasteiger partial charge on any atom is -0.406 e. The first-order valence-corrected chi connectivity index (χ1v) is 7.05. The molecular weight excluding hydrogens is 295 g/mol. The van der Waals surface area contributed by atoms with E-state index in [-0.39, 0.29) is 5.75 Å². The van der Waals surface area contributed by atoms with E-state index < -0.39 is 6.36 Å². The smallest absolute Gasteiger partial charge is 0.406 e. The van der Waals surface area contributed by atoms with Gasteiger partial charge >= 0.3 is 6.36 Å². The predicted molar refractivity (Wildman–Crippen MR) is 78.2 cm³/mol. The van der Waals surface area contributed by atoms with E-state index in [2.05, 4.69) is 19.9 Å². The van der Waals surface area contributed by atoms with Gasteiger partial charge in [-0.2, -0.15) is 0 Å². The number of hydrogen-bond donors (Lipinski definition) is 1. The quantitative estimate of drug-likeness (QED) is 0.925. The molecule has 0 saturated carbocycles. The minimum absolute atomic E-state index is 0.220. The van der Waals surface area contributed by atoms with Crippen LogP contribution in [0.5, 0.6) is 5.75 Å². The summed E-state index contributed by atoms with van der Waals surface area (Å²) in [5, 5.41) is 3.93. The molecule has 2 heterocycles. The number of halogens is 3. The molecule has 1 saturated heterocycles. The van der Waals surface area contributed by atoms with Crippen molar-refractivity contribution in [3.05, 3.63) is 30.0 Å². The Balaban J connectivity index is 2.06. The van der Waals surface area contributed by atoms with Crippen molar-refractivity contribution in [1.29, 1.82) is 0 Å². The third-order valence-electron chi connectivity index (χ3n) is 3.58. The van der Waals surface area contributed by atoms with E-state index in [1.165, 1.54) is 12.1 Å². The van der Waals surface area contributed by atoms with Gasteiger partial charge < -0.3 is 15.0 Å². The molecule has 0 amide bonds. The first kappa shape index (κ1) is 14.9. The lowest BCUT2D eigenvalue weighted by atomic mass is 10.1. The van der Waals surface area contributed by atoms with Crippen LogP contribution >= 0.6 is 0 Å². The second kappa shape index (κ2) is 5.64. The molecule has 0 atom stereocenters. The number of fused-ring (bicyclic) bond motifs is 1. The molecule has 0 spiro atoms. The first-order chi connectivity index (χ1) is 10.4. The van der Waals surface area contributed by atoms with E-state index in [0.29, 0.717) is 10.9 Å². The number of nitrogens with zero attached hydrogens (tertiary/aromatic N) is 2. The van der Waals surface area contributed by atoms with Gasteiger partial charge in [0.1, 0.15) is 5.75 Å². The Morgan fingerprint density at radius 2 is 1.91 bits per heavy atom. The second-order valence-corrected chi connectivity index (χ2v) is 5.25. The van der Waals surface area contributed by atoms with E-state index in [0.717, 1.165) is 37.6 Å². The summed E-state index contributed by atoms with van der Waals surface area (Å²) in [6.07, 6.45) is -4.69. The predicted octanol–water partition coefficient (Wildman–Crippen LogP) is 2.85. The number of nitrogens with one attached hydrogen (secondary N) is 1. The van der Waals surface area contributed by atoms with E-state index in [9.17, 15) is 13.2 Å². The minimum atomic E-state index is -4.69. The topological polar surface area (TPSA) is 37.4 Å². The molecule has 1 aromatic carbocycles. The lowest BCUT2D eigenvalue weighted by molar-refractivity contribution is -0.274. The summed E-state index contributed by atoms with van der Waals surface area (Å²) in [5.41, 5.74) is 2.41. The van der Waals surface area contributed by atoms with Crippen molar-refractivity contribution < 1.29 is 17.9 Å². The normalized spacial score (nSPS) is 16.1. The standard InChI is InChI=1S/C15H16F3N3O/c1-10-8-14(21-6-4-19-5-7-21)12-9-11(22-15(16,17)18)2-3-13(12)20-10/h2-3,8-9,19H,4-7H2,1H3. The number of alkyl halides is 3. The molecule has 0 unspecified atom stereocenters. The Hall–Kier alpha value is -2.02. The molecule has 4 nitrogen and oxygen atoms in total. The zero-order chi connectivity index (χ0) is 15.7. The molecule has 0 aliphatic carbocycles. The van der Waals surface area contributed by atoms with E-state index >= 15 is 0 Å². The number of rotatable bonds is 2. The molecule has 0 radical (unpaired) electrons. The van der Waals surface area contributed by atoms with Gasteiger partial charge in [0, 0.05) is 42.9 Å². The van der Waals surface area contributed by atoms with Gasteiger partial charge in [0.15, 0.2) is 0 Å². The van der Waals surface area contributed by atoms with Crippen LogP contribution in [0.15, 0.2) is 24.3 Å². The zero-order valence-corrected chi connectivity index (χ0v) is 12.1. The molecule has 2 aromatic rings. The summed E-state index contributed by atoms with van der Waals surface area (Å²) in [6.45, 7) is 5.19. The van der Waals surface area contributed by atoms with Crippen LogP contribution in [0.2, 0.25) is 0 Å². The van der Waals surface area contributed by atoms with Gasteiger partial charge in [-0.1, -0.05) is 0 Å². The van der Waals surface area contributed by atoms with Crippen LogP contribution < -0.4 is 15.0 Å². The Bertz CT molecular complexity index is 682. The average Bonchev–Trinajstić information content (AvgIpc) is 2.46. The fraction of sp³-hybridized carbons (Fsp3) is 0.400. The molecular formula is C15H16F3N3O. The number of piperazine rings is 1. The summed E-state index contributed by atoms with van der Waals surface area (Å²) in [4.78, 5) is 6.55. The van der Waals surface area contributed by atoms with Crippen LogP contribution in [0.1, 0.15) is 5.69 Å². The van der Waals surface area contributed by atoms with Gasteiger partial charge in [-0.15, -0.1) is 13.2 Å². The summed E-state index contributed by atoms with van der Waals surface area (Å²) in [6, 6.07) is 6.18. The third kappa shape index (κ3) is 3.24. The summed E-state index contributed by atoms with van der Waals surface area (Å²) in [7, 11) is 0. The number of anilines is 1. The Morgan fingerprint density at radius 1 is 1.18 bits per heavy atom. The molecule has 3 rings (SSSR count). The molecule has 1 N–H and O–H groups in total.